The molecule has 1 unspecified atom stereocenters. The second kappa shape index (κ2) is 10.5. The first-order valence-electron chi connectivity index (χ1n) is 11.8. The molecule has 0 saturated carbocycles. The molecule has 5 rings (SSSR count). The summed E-state index contributed by atoms with van der Waals surface area (Å²) in [6.45, 7) is 1.26. The summed E-state index contributed by atoms with van der Waals surface area (Å²) in [5.41, 5.74) is 6.13. The lowest BCUT2D eigenvalue weighted by atomic mass is 10.0. The fourth-order valence-corrected chi connectivity index (χ4v) is 6.17. The maximum absolute atomic E-state index is 13.8. The van der Waals surface area contributed by atoms with Crippen LogP contribution in [-0.4, -0.2) is 51.8 Å². The van der Waals surface area contributed by atoms with E-state index in [1.807, 2.05) is 29.6 Å². The molecule has 8 nitrogen and oxygen atoms in total. The van der Waals surface area contributed by atoms with Gasteiger partial charge in [-0.25, -0.2) is 14.8 Å². The minimum absolute atomic E-state index is 0.0472. The van der Waals surface area contributed by atoms with Crippen molar-refractivity contribution in [1.82, 2.24) is 15.3 Å². The van der Waals surface area contributed by atoms with Crippen LogP contribution in [0.15, 0.2) is 41.9 Å². The van der Waals surface area contributed by atoms with Gasteiger partial charge in [0.1, 0.15) is 20.5 Å². The molecule has 3 aromatic heterocycles. The Labute approximate surface area is 223 Å². The van der Waals surface area contributed by atoms with Crippen molar-refractivity contribution in [3.05, 3.63) is 57.9 Å². The first-order chi connectivity index (χ1) is 18.1. The summed E-state index contributed by atoms with van der Waals surface area (Å²) < 4.78 is 41.5. The summed E-state index contributed by atoms with van der Waals surface area (Å²) in [6.07, 6.45) is -2.39. The van der Waals surface area contributed by atoms with E-state index in [1.54, 1.807) is 22.4 Å². The molecule has 1 fully saturated rings. The number of aliphatic hydroxyl groups excluding tert-OH is 1. The van der Waals surface area contributed by atoms with Gasteiger partial charge in [-0.05, 0) is 24.5 Å². The van der Waals surface area contributed by atoms with E-state index in [4.69, 9.17) is 5.73 Å². The molecule has 5 N–H and O–H groups in total. The number of benzene rings is 1. The lowest BCUT2D eigenvalue weighted by molar-refractivity contribution is -0.136. The Kier molecular flexibility index (Phi) is 7.27. The van der Waals surface area contributed by atoms with Crippen LogP contribution >= 0.6 is 22.7 Å². The van der Waals surface area contributed by atoms with Gasteiger partial charge < -0.3 is 26.2 Å². The second-order valence-electron chi connectivity index (χ2n) is 9.00. The van der Waals surface area contributed by atoms with Gasteiger partial charge in [0.05, 0.1) is 17.4 Å². The van der Waals surface area contributed by atoms with Crippen LogP contribution < -0.4 is 16.0 Å². The standard InChI is InChI=1S/C25H24F3N5O3S2/c26-25(27,28)16-11-18(32-23-19(16)20(29)21(38-23)24(35)36)33-8-5-15(6-9-33)31-12-17(34)13-1-3-14(4-2-13)22-30-7-10-37-22/h1-4,7,10-11,15,17,31,34H,5-6,8-9,12,29H2,(H,35,36). The number of nitrogen functional groups attached to an aromatic ring is 1. The molecule has 1 aliphatic heterocycles. The molecule has 1 atom stereocenters. The normalized spacial score (nSPS) is 15.7. The van der Waals surface area contributed by atoms with Crippen LogP contribution in [0.5, 0.6) is 0 Å². The van der Waals surface area contributed by atoms with Gasteiger partial charge in [-0.3, -0.25) is 0 Å². The van der Waals surface area contributed by atoms with E-state index >= 15 is 0 Å². The molecule has 1 aliphatic rings. The highest BCUT2D eigenvalue weighted by atomic mass is 32.1. The zero-order chi connectivity index (χ0) is 27.0. The monoisotopic (exact) mass is 563 g/mol. The molecular weight excluding hydrogens is 539 g/mol. The summed E-state index contributed by atoms with van der Waals surface area (Å²) in [5.74, 6) is -1.24. The van der Waals surface area contributed by atoms with E-state index in [0.29, 0.717) is 43.8 Å². The van der Waals surface area contributed by atoms with Crippen molar-refractivity contribution >= 4 is 50.4 Å². The van der Waals surface area contributed by atoms with E-state index in [1.165, 1.54) is 0 Å². The fourth-order valence-electron chi connectivity index (χ4n) is 4.58. The van der Waals surface area contributed by atoms with Crippen LogP contribution in [-0.2, 0) is 6.18 Å². The van der Waals surface area contributed by atoms with Crippen molar-refractivity contribution < 1.29 is 28.2 Å². The number of carboxylic acid groups (broad SMARTS) is 1. The minimum atomic E-state index is -4.71. The van der Waals surface area contributed by atoms with Gasteiger partial charge in [0.2, 0.25) is 0 Å². The number of rotatable bonds is 7. The number of aromatic carboxylic acids is 1. The number of hydrogen-bond donors (Lipinski definition) is 4. The third kappa shape index (κ3) is 5.32. The highest BCUT2D eigenvalue weighted by Gasteiger charge is 2.37. The molecule has 4 heterocycles. The maximum atomic E-state index is 13.8. The van der Waals surface area contributed by atoms with E-state index in [2.05, 4.69) is 15.3 Å². The molecule has 1 saturated heterocycles. The SMILES string of the molecule is Nc1c(C(=O)O)sc2nc(N3CCC(NCC(O)c4ccc(-c5nccs5)cc4)CC3)cc(C(F)(F)F)c12. The van der Waals surface area contributed by atoms with Crippen LogP contribution in [0.3, 0.4) is 0 Å². The Balaban J connectivity index is 1.23. The highest BCUT2D eigenvalue weighted by molar-refractivity contribution is 7.21. The van der Waals surface area contributed by atoms with Crippen LogP contribution in [0, 0.1) is 0 Å². The lowest BCUT2D eigenvalue weighted by Crippen LogP contribution is -2.44. The Bertz CT molecular complexity index is 1430. The first kappa shape index (κ1) is 26.4. The molecule has 200 valence electrons. The molecule has 0 amide bonds. The average Bonchev–Trinajstić information content (AvgIpc) is 3.55. The van der Waals surface area contributed by atoms with Gasteiger partial charge >= 0.3 is 12.1 Å². The predicted molar refractivity (Wildman–Crippen MR) is 142 cm³/mol. The molecule has 4 aromatic rings. The van der Waals surface area contributed by atoms with E-state index in [9.17, 15) is 28.2 Å². The smallest absolute Gasteiger partial charge is 0.417 e. The summed E-state index contributed by atoms with van der Waals surface area (Å²) in [7, 11) is 0. The number of alkyl halides is 3. The zero-order valence-electron chi connectivity index (χ0n) is 19.9. The molecule has 38 heavy (non-hydrogen) atoms. The largest absolute Gasteiger partial charge is 0.477 e. The van der Waals surface area contributed by atoms with Crippen molar-refractivity contribution in [2.75, 3.05) is 30.3 Å². The average molecular weight is 564 g/mol. The van der Waals surface area contributed by atoms with E-state index in [0.717, 1.165) is 22.2 Å². The molecule has 0 aliphatic carbocycles. The third-order valence-electron chi connectivity index (χ3n) is 6.58. The maximum Gasteiger partial charge on any atom is 0.417 e. The predicted octanol–water partition coefficient (Wildman–Crippen LogP) is 5.01. The number of carboxylic acids is 1. The highest BCUT2D eigenvalue weighted by Crippen LogP contribution is 2.43. The minimum Gasteiger partial charge on any atom is -0.477 e. The second-order valence-corrected chi connectivity index (χ2v) is 10.9. The summed E-state index contributed by atoms with van der Waals surface area (Å²) in [6, 6.07) is 8.63. The molecule has 0 radical (unpaired) electrons. The number of aliphatic hydroxyl groups is 1. The van der Waals surface area contributed by atoms with E-state index in [-0.39, 0.29) is 27.0 Å². The number of piperidine rings is 1. The number of nitrogens with zero attached hydrogens (tertiary/aromatic N) is 3. The third-order valence-corrected chi connectivity index (χ3v) is 8.49. The fraction of sp³-hybridized carbons (Fsp3) is 0.320. The van der Waals surface area contributed by atoms with Crippen LogP contribution in [0.25, 0.3) is 20.8 Å². The molecule has 1 aromatic carbocycles. The number of nitrogens with two attached hydrogens (primary N) is 1. The molecule has 13 heteroatoms. The number of nitrogens with one attached hydrogen (secondary N) is 1. The number of fused-ring (bicyclic) bond motifs is 1. The van der Waals surface area contributed by atoms with Gasteiger partial charge in [0, 0.05) is 48.2 Å². The number of thiophene rings is 1. The molecule has 0 spiro atoms. The van der Waals surface area contributed by atoms with Gasteiger partial charge in [-0.1, -0.05) is 24.3 Å². The topological polar surface area (TPSA) is 125 Å². The van der Waals surface area contributed by atoms with Gasteiger partial charge in [0.15, 0.2) is 0 Å². The zero-order valence-corrected chi connectivity index (χ0v) is 21.5. The first-order valence-corrected chi connectivity index (χ1v) is 13.5. The van der Waals surface area contributed by atoms with Crippen molar-refractivity contribution in [3.63, 3.8) is 0 Å². The Morgan fingerprint density at radius 2 is 1.95 bits per heavy atom. The van der Waals surface area contributed by atoms with Crippen LogP contribution in [0.2, 0.25) is 0 Å². The number of halogens is 3. The Hall–Kier alpha value is -3.26. The number of anilines is 2. The van der Waals surface area contributed by atoms with Gasteiger partial charge in [0.25, 0.3) is 0 Å². The van der Waals surface area contributed by atoms with Crippen molar-refractivity contribution in [3.8, 4) is 10.6 Å². The molecule has 0 bridgehead atoms. The van der Waals surface area contributed by atoms with Crippen LogP contribution in [0.1, 0.15) is 39.7 Å². The summed E-state index contributed by atoms with van der Waals surface area (Å²) >= 11 is 2.19. The quantitative estimate of drug-likeness (QED) is 0.247. The Morgan fingerprint density at radius 3 is 2.55 bits per heavy atom. The van der Waals surface area contributed by atoms with Crippen LogP contribution in [0.4, 0.5) is 24.7 Å². The van der Waals surface area contributed by atoms with Gasteiger partial charge in [-0.2, -0.15) is 13.2 Å². The Morgan fingerprint density at radius 1 is 1.24 bits per heavy atom. The van der Waals surface area contributed by atoms with Crippen molar-refractivity contribution in [1.29, 1.82) is 0 Å². The number of carbonyl (C=O) groups is 1. The molecular formula is C25H24F3N5O3S2. The lowest BCUT2D eigenvalue weighted by Gasteiger charge is -2.34. The number of aromatic nitrogens is 2. The summed E-state index contributed by atoms with van der Waals surface area (Å²) in [5, 5.41) is 25.7. The van der Waals surface area contributed by atoms with Gasteiger partial charge in [-0.15, -0.1) is 22.7 Å². The number of thiazole rings is 1. The number of hydrogen-bond acceptors (Lipinski definition) is 9. The van der Waals surface area contributed by atoms with Crippen molar-refractivity contribution in [2.45, 2.75) is 31.2 Å². The summed E-state index contributed by atoms with van der Waals surface area (Å²) in [4.78, 5) is 21.4. The number of pyridine rings is 1. The van der Waals surface area contributed by atoms with Crippen molar-refractivity contribution in [2.24, 2.45) is 0 Å². The van der Waals surface area contributed by atoms with E-state index < -0.39 is 29.5 Å².